The van der Waals surface area contributed by atoms with Crippen molar-refractivity contribution in [3.63, 3.8) is 0 Å². The molecular formula is C21H28FN3O5S. The number of urea groups is 1. The number of carbonyl (C=O) groups is 2. The Balaban J connectivity index is 1.23. The average molecular weight is 454 g/mol. The predicted octanol–water partition coefficient (Wildman–Crippen LogP) is 1.42. The highest BCUT2D eigenvalue weighted by Crippen LogP contribution is 2.31. The number of ether oxygens (including phenoxy) is 1. The normalized spacial score (nSPS) is 21.5. The van der Waals surface area contributed by atoms with Gasteiger partial charge in [-0.15, -0.1) is 0 Å². The van der Waals surface area contributed by atoms with Gasteiger partial charge in [-0.25, -0.2) is 17.6 Å². The molecule has 1 atom stereocenters. The van der Waals surface area contributed by atoms with E-state index < -0.39 is 27.2 Å². The molecule has 3 fully saturated rings. The van der Waals surface area contributed by atoms with Gasteiger partial charge in [0.25, 0.3) is 5.91 Å². The fourth-order valence-corrected chi connectivity index (χ4v) is 5.81. The second kappa shape index (κ2) is 8.38. The third-order valence-corrected chi connectivity index (χ3v) is 8.05. The largest absolute Gasteiger partial charge is 0.490 e. The van der Waals surface area contributed by atoms with Crippen molar-refractivity contribution in [3.05, 3.63) is 29.6 Å². The Morgan fingerprint density at radius 1 is 1.29 bits per heavy atom. The van der Waals surface area contributed by atoms with Crippen molar-refractivity contribution in [2.24, 2.45) is 5.92 Å². The fourth-order valence-electron chi connectivity index (χ4n) is 4.12. The molecule has 1 aromatic rings. The van der Waals surface area contributed by atoms with Crippen molar-refractivity contribution < 1.29 is 27.1 Å². The van der Waals surface area contributed by atoms with Crippen LogP contribution in [0.4, 0.5) is 9.18 Å². The van der Waals surface area contributed by atoms with Gasteiger partial charge >= 0.3 is 6.03 Å². The Hall–Kier alpha value is -2.20. The van der Waals surface area contributed by atoms with E-state index in [2.05, 4.69) is 10.6 Å². The number of sulfone groups is 1. The molecule has 2 saturated heterocycles. The Bertz CT molecular complexity index is 973. The van der Waals surface area contributed by atoms with Crippen molar-refractivity contribution in [2.75, 3.05) is 37.7 Å². The Morgan fingerprint density at radius 3 is 2.68 bits per heavy atom. The minimum absolute atomic E-state index is 0.0247. The fraction of sp³-hybridized carbons (Fsp3) is 0.619. The smallest absolute Gasteiger partial charge is 0.322 e. The lowest BCUT2D eigenvalue weighted by atomic mass is 9.90. The minimum atomic E-state index is -3.30. The Labute approximate surface area is 181 Å². The summed E-state index contributed by atoms with van der Waals surface area (Å²) in [6, 6.07) is 4.07. The number of amides is 3. The van der Waals surface area contributed by atoms with Crippen molar-refractivity contribution in [3.8, 4) is 5.75 Å². The number of imide groups is 1. The van der Waals surface area contributed by atoms with Crippen LogP contribution < -0.4 is 15.4 Å². The van der Waals surface area contributed by atoms with Crippen LogP contribution in [0.3, 0.4) is 0 Å². The highest BCUT2D eigenvalue weighted by molar-refractivity contribution is 7.91. The number of halogens is 1. The molecule has 0 unspecified atom stereocenters. The molecule has 170 valence electrons. The monoisotopic (exact) mass is 453 g/mol. The quantitative estimate of drug-likeness (QED) is 0.519. The van der Waals surface area contributed by atoms with Crippen LogP contribution >= 0.6 is 0 Å². The highest BCUT2D eigenvalue weighted by atomic mass is 32.2. The lowest BCUT2D eigenvalue weighted by Gasteiger charge is -2.45. The number of rotatable bonds is 10. The first-order chi connectivity index (χ1) is 14.7. The number of benzene rings is 1. The van der Waals surface area contributed by atoms with Crippen LogP contribution in [0.5, 0.6) is 5.75 Å². The Kier molecular flexibility index (Phi) is 5.95. The summed E-state index contributed by atoms with van der Waals surface area (Å²) in [5, 5.41) is 4.86. The van der Waals surface area contributed by atoms with Crippen LogP contribution in [-0.2, 0) is 14.6 Å². The van der Waals surface area contributed by atoms with Gasteiger partial charge in [-0.3, -0.25) is 15.0 Å². The van der Waals surface area contributed by atoms with Crippen LogP contribution in [0.15, 0.2) is 18.2 Å². The van der Waals surface area contributed by atoms with E-state index in [9.17, 15) is 22.4 Å². The van der Waals surface area contributed by atoms with E-state index in [-0.39, 0.29) is 29.1 Å². The molecule has 2 aliphatic heterocycles. The third kappa shape index (κ3) is 5.17. The van der Waals surface area contributed by atoms with Crippen molar-refractivity contribution in [2.45, 2.75) is 37.6 Å². The van der Waals surface area contributed by atoms with Crippen molar-refractivity contribution >= 4 is 21.8 Å². The van der Waals surface area contributed by atoms with Gasteiger partial charge in [-0.1, -0.05) is 13.0 Å². The van der Waals surface area contributed by atoms with E-state index in [1.54, 1.807) is 12.1 Å². The molecule has 8 nitrogen and oxygen atoms in total. The van der Waals surface area contributed by atoms with E-state index in [4.69, 9.17) is 4.74 Å². The minimum Gasteiger partial charge on any atom is -0.490 e. The van der Waals surface area contributed by atoms with Crippen LogP contribution in [0.1, 0.15) is 37.7 Å². The zero-order valence-electron chi connectivity index (χ0n) is 17.5. The second-order valence-electron chi connectivity index (χ2n) is 9.01. The summed E-state index contributed by atoms with van der Waals surface area (Å²) in [5.74, 6) is -0.341. The Morgan fingerprint density at radius 2 is 2.03 bits per heavy atom. The molecule has 3 aliphatic rings. The first-order valence-corrected chi connectivity index (χ1v) is 12.5. The van der Waals surface area contributed by atoms with Gasteiger partial charge < -0.3 is 10.1 Å². The molecule has 2 heterocycles. The van der Waals surface area contributed by atoms with Crippen LogP contribution in [0.25, 0.3) is 0 Å². The number of hydrogen-bond donors (Lipinski definition) is 2. The average Bonchev–Trinajstić information content (AvgIpc) is 3.43. The van der Waals surface area contributed by atoms with Crippen LogP contribution in [0, 0.1) is 11.7 Å². The predicted molar refractivity (Wildman–Crippen MR) is 112 cm³/mol. The number of likely N-dealkylation sites (tertiary alicyclic amines) is 1. The topological polar surface area (TPSA) is 105 Å². The van der Waals surface area contributed by atoms with Crippen molar-refractivity contribution in [1.82, 2.24) is 15.5 Å². The molecule has 0 radical (unpaired) electrons. The molecule has 1 spiro atoms. The summed E-state index contributed by atoms with van der Waals surface area (Å²) < 4.78 is 44.7. The molecule has 0 bridgehead atoms. The number of carbonyl (C=O) groups excluding carboxylic acids is 2. The molecular weight excluding hydrogens is 425 g/mol. The molecule has 4 rings (SSSR count). The van der Waals surface area contributed by atoms with E-state index in [1.807, 2.05) is 11.8 Å². The van der Waals surface area contributed by atoms with Gasteiger partial charge in [-0.05, 0) is 55.3 Å². The molecule has 31 heavy (non-hydrogen) atoms. The van der Waals surface area contributed by atoms with E-state index in [1.165, 1.54) is 6.07 Å². The molecule has 0 aromatic heterocycles. The van der Waals surface area contributed by atoms with Gasteiger partial charge in [0.1, 0.15) is 5.54 Å². The maximum absolute atomic E-state index is 14.0. The van der Waals surface area contributed by atoms with E-state index >= 15 is 0 Å². The van der Waals surface area contributed by atoms with E-state index in [0.717, 1.165) is 18.4 Å². The summed E-state index contributed by atoms with van der Waals surface area (Å²) >= 11 is 0. The summed E-state index contributed by atoms with van der Waals surface area (Å²) in [7, 11) is -3.30. The van der Waals surface area contributed by atoms with Gasteiger partial charge in [0.15, 0.2) is 21.4 Å². The molecule has 1 aromatic carbocycles. The summed E-state index contributed by atoms with van der Waals surface area (Å²) in [6.45, 7) is 3.63. The maximum atomic E-state index is 14.0. The summed E-state index contributed by atoms with van der Waals surface area (Å²) in [4.78, 5) is 25.0. The third-order valence-electron chi connectivity index (χ3n) is 6.13. The SMILES string of the molecule is C[C@@H](CS(=O)(=O)CCCN1CC2(C1)NC(=O)NC2=O)c1ccc(F)c(OCC2CC2)c1. The second-order valence-corrected chi connectivity index (χ2v) is 11.2. The number of nitrogens with one attached hydrogen (secondary N) is 2. The van der Waals surface area contributed by atoms with Gasteiger partial charge in [0, 0.05) is 13.1 Å². The maximum Gasteiger partial charge on any atom is 0.322 e. The summed E-state index contributed by atoms with van der Waals surface area (Å²) in [6.07, 6.45) is 2.66. The van der Waals surface area contributed by atoms with Gasteiger partial charge in [0.05, 0.1) is 18.1 Å². The number of nitrogens with zero attached hydrogens (tertiary/aromatic N) is 1. The van der Waals surface area contributed by atoms with Gasteiger partial charge in [0.2, 0.25) is 0 Å². The van der Waals surface area contributed by atoms with E-state index in [0.29, 0.717) is 38.6 Å². The standard InChI is InChI=1S/C21H28FN3O5S/c1-14(16-5-6-17(22)18(9-16)30-10-15-3-4-15)11-31(28,29)8-2-7-25-12-21(13-25)19(26)23-20(27)24-21/h5-6,9,14-15H,2-4,7-8,10-13H2,1H3,(H2,23,24,26,27)/t14-/m0/s1. The number of hydrogen-bond acceptors (Lipinski definition) is 6. The molecule has 1 saturated carbocycles. The lowest BCUT2D eigenvalue weighted by Crippen LogP contribution is -2.70. The molecule has 1 aliphatic carbocycles. The molecule has 10 heteroatoms. The highest BCUT2D eigenvalue weighted by Gasteiger charge is 2.54. The van der Waals surface area contributed by atoms with Crippen LogP contribution in [0.2, 0.25) is 0 Å². The summed E-state index contributed by atoms with van der Waals surface area (Å²) in [5.41, 5.74) is -0.116. The molecule has 2 N–H and O–H groups in total. The first kappa shape index (κ1) is 22.0. The molecule has 3 amide bonds. The first-order valence-electron chi connectivity index (χ1n) is 10.6. The van der Waals surface area contributed by atoms with Gasteiger partial charge in [-0.2, -0.15) is 0 Å². The zero-order valence-corrected chi connectivity index (χ0v) is 18.3. The van der Waals surface area contributed by atoms with Crippen molar-refractivity contribution in [1.29, 1.82) is 0 Å². The van der Waals surface area contributed by atoms with Crippen LogP contribution in [-0.4, -0.2) is 68.5 Å². The zero-order chi connectivity index (χ0) is 22.2. The lowest BCUT2D eigenvalue weighted by molar-refractivity contribution is -0.130.